The normalized spacial score (nSPS) is 10.8. The highest BCUT2D eigenvalue weighted by molar-refractivity contribution is 7.15. The second-order valence-electron chi connectivity index (χ2n) is 7.73. The van der Waals surface area contributed by atoms with E-state index in [0.717, 1.165) is 16.2 Å². The van der Waals surface area contributed by atoms with Gasteiger partial charge in [0.15, 0.2) is 10.8 Å². The second-order valence-corrected chi connectivity index (χ2v) is 8.60. The molecule has 2 amide bonds. The van der Waals surface area contributed by atoms with E-state index in [-0.39, 0.29) is 18.2 Å². The predicted molar refractivity (Wildman–Crippen MR) is 137 cm³/mol. The molecule has 0 saturated heterocycles. The quantitative estimate of drug-likeness (QED) is 0.308. The smallest absolute Gasteiger partial charge is 0.230 e. The molecule has 0 fully saturated rings. The summed E-state index contributed by atoms with van der Waals surface area (Å²) in [6, 6.07) is 18.6. The summed E-state index contributed by atoms with van der Waals surface area (Å²) in [4.78, 5) is 38.5. The molecule has 9 nitrogen and oxygen atoms in total. The molecule has 0 aliphatic heterocycles. The van der Waals surface area contributed by atoms with Gasteiger partial charge in [-0.1, -0.05) is 36.4 Å². The number of nitrogens with one attached hydrogen (secondary N) is 3. The first-order chi connectivity index (χ1) is 17.0. The van der Waals surface area contributed by atoms with Crippen molar-refractivity contribution in [2.24, 2.45) is 0 Å². The fourth-order valence-electron chi connectivity index (χ4n) is 3.63. The van der Waals surface area contributed by atoms with Crippen LogP contribution in [-0.4, -0.2) is 31.2 Å². The summed E-state index contributed by atoms with van der Waals surface area (Å²) in [5.41, 5.74) is 3.57. The topological polar surface area (TPSA) is 113 Å². The second kappa shape index (κ2) is 9.74. The number of fused-ring (bicyclic) bond motifs is 1. The standard InChI is InChI=1S/C25H21N7O2S/c1-16(33)27-18-8-5-9-19(15-18)28-24-26-11-10-20(29-24)22-23(31-25-32(22)12-13-35-25)30-21(34)14-17-6-3-2-4-7-17/h2-13,15H,14H2,1H3,(H,27,33)(H,30,34)(H,26,28,29). The molecule has 0 atom stereocenters. The third kappa shape index (κ3) is 5.17. The number of amides is 2. The van der Waals surface area contributed by atoms with Gasteiger partial charge in [0.25, 0.3) is 0 Å². The summed E-state index contributed by atoms with van der Waals surface area (Å²) < 4.78 is 1.90. The molecule has 2 aromatic carbocycles. The summed E-state index contributed by atoms with van der Waals surface area (Å²) in [6.45, 7) is 1.46. The minimum atomic E-state index is -0.162. The van der Waals surface area contributed by atoms with Crippen LogP contribution in [0.15, 0.2) is 78.4 Å². The number of anilines is 4. The van der Waals surface area contributed by atoms with E-state index in [0.29, 0.717) is 28.8 Å². The molecule has 0 spiro atoms. The molecule has 0 saturated carbocycles. The SMILES string of the molecule is CC(=O)Nc1cccc(Nc2nccc(-c3c(NC(=O)Cc4ccccc4)nc4sccn34)n2)c1. The zero-order valence-corrected chi connectivity index (χ0v) is 19.5. The third-order valence-corrected chi connectivity index (χ3v) is 5.82. The monoisotopic (exact) mass is 483 g/mol. The number of hydrogen-bond acceptors (Lipinski definition) is 7. The number of imidazole rings is 1. The minimum Gasteiger partial charge on any atom is -0.326 e. The molecule has 174 valence electrons. The van der Waals surface area contributed by atoms with Gasteiger partial charge < -0.3 is 16.0 Å². The van der Waals surface area contributed by atoms with Gasteiger partial charge in [-0.2, -0.15) is 0 Å². The minimum absolute atomic E-state index is 0.150. The molecule has 0 aliphatic carbocycles. The molecule has 0 unspecified atom stereocenters. The number of carbonyl (C=O) groups excluding carboxylic acids is 2. The van der Waals surface area contributed by atoms with Gasteiger partial charge in [0.05, 0.1) is 12.1 Å². The molecule has 10 heteroatoms. The lowest BCUT2D eigenvalue weighted by Gasteiger charge is -2.10. The predicted octanol–water partition coefficient (Wildman–Crippen LogP) is 4.74. The van der Waals surface area contributed by atoms with Crippen molar-refractivity contribution in [1.82, 2.24) is 19.4 Å². The van der Waals surface area contributed by atoms with E-state index in [9.17, 15) is 9.59 Å². The van der Waals surface area contributed by atoms with E-state index in [2.05, 4.69) is 30.9 Å². The zero-order valence-electron chi connectivity index (χ0n) is 18.7. The van der Waals surface area contributed by atoms with E-state index in [1.807, 2.05) is 58.4 Å². The van der Waals surface area contributed by atoms with E-state index in [4.69, 9.17) is 0 Å². The maximum Gasteiger partial charge on any atom is 0.230 e. The molecule has 0 aliphatic rings. The summed E-state index contributed by atoms with van der Waals surface area (Å²) in [7, 11) is 0. The molecular formula is C25H21N7O2S. The van der Waals surface area contributed by atoms with Crippen LogP contribution in [0.25, 0.3) is 16.3 Å². The number of rotatable bonds is 7. The fraction of sp³-hybridized carbons (Fsp3) is 0.0800. The van der Waals surface area contributed by atoms with Gasteiger partial charge in [-0.15, -0.1) is 11.3 Å². The highest BCUT2D eigenvalue weighted by Gasteiger charge is 2.19. The Morgan fingerprint density at radius 1 is 0.971 bits per heavy atom. The Balaban J connectivity index is 1.42. The van der Waals surface area contributed by atoms with Crippen LogP contribution in [-0.2, 0) is 16.0 Å². The Kier molecular flexibility index (Phi) is 6.18. The van der Waals surface area contributed by atoms with Crippen LogP contribution >= 0.6 is 11.3 Å². The lowest BCUT2D eigenvalue weighted by Crippen LogP contribution is -2.15. The first-order valence-corrected chi connectivity index (χ1v) is 11.7. The Hall–Kier alpha value is -4.57. The third-order valence-electron chi connectivity index (χ3n) is 5.06. The largest absolute Gasteiger partial charge is 0.326 e. The highest BCUT2D eigenvalue weighted by atomic mass is 32.1. The van der Waals surface area contributed by atoms with Gasteiger partial charge in [0, 0.05) is 36.1 Å². The van der Waals surface area contributed by atoms with E-state index < -0.39 is 0 Å². The maximum atomic E-state index is 12.7. The Labute approximate surface area is 204 Å². The number of nitrogens with zero attached hydrogens (tertiary/aromatic N) is 4. The van der Waals surface area contributed by atoms with Gasteiger partial charge >= 0.3 is 0 Å². The lowest BCUT2D eigenvalue weighted by molar-refractivity contribution is -0.116. The zero-order chi connectivity index (χ0) is 24.2. The Morgan fingerprint density at radius 3 is 2.63 bits per heavy atom. The van der Waals surface area contributed by atoms with Gasteiger partial charge in [0.1, 0.15) is 5.69 Å². The summed E-state index contributed by atoms with van der Waals surface area (Å²) in [5, 5.41) is 10.8. The lowest BCUT2D eigenvalue weighted by atomic mass is 10.1. The Bertz CT molecular complexity index is 1510. The van der Waals surface area contributed by atoms with E-state index in [1.54, 1.807) is 24.4 Å². The summed E-state index contributed by atoms with van der Waals surface area (Å²) in [6.07, 6.45) is 3.78. The van der Waals surface area contributed by atoms with Crippen molar-refractivity contribution in [3.05, 3.63) is 84.0 Å². The van der Waals surface area contributed by atoms with Crippen molar-refractivity contribution < 1.29 is 9.59 Å². The van der Waals surface area contributed by atoms with Crippen LogP contribution in [0.1, 0.15) is 12.5 Å². The first kappa shape index (κ1) is 22.2. The number of hydrogen-bond donors (Lipinski definition) is 3. The van der Waals surface area contributed by atoms with Gasteiger partial charge in [-0.05, 0) is 29.8 Å². The van der Waals surface area contributed by atoms with Crippen molar-refractivity contribution >= 4 is 51.3 Å². The van der Waals surface area contributed by atoms with Crippen LogP contribution in [0, 0.1) is 0 Å². The van der Waals surface area contributed by atoms with E-state index in [1.165, 1.54) is 18.3 Å². The Morgan fingerprint density at radius 2 is 1.80 bits per heavy atom. The van der Waals surface area contributed by atoms with Gasteiger partial charge in [-0.25, -0.2) is 15.0 Å². The number of aromatic nitrogens is 4. The number of thiazole rings is 1. The molecule has 5 rings (SSSR count). The van der Waals surface area contributed by atoms with Crippen molar-refractivity contribution in [3.63, 3.8) is 0 Å². The average molecular weight is 484 g/mol. The van der Waals surface area contributed by atoms with Crippen molar-refractivity contribution in [3.8, 4) is 11.4 Å². The molecule has 35 heavy (non-hydrogen) atoms. The van der Waals surface area contributed by atoms with Crippen molar-refractivity contribution in [2.75, 3.05) is 16.0 Å². The van der Waals surface area contributed by atoms with Crippen LogP contribution in [0.5, 0.6) is 0 Å². The van der Waals surface area contributed by atoms with Crippen LogP contribution in [0.4, 0.5) is 23.1 Å². The number of benzene rings is 2. The molecule has 3 heterocycles. The van der Waals surface area contributed by atoms with Crippen LogP contribution < -0.4 is 16.0 Å². The molecule has 0 bridgehead atoms. The summed E-state index contributed by atoms with van der Waals surface area (Å²) in [5.74, 6) is 0.498. The molecule has 0 radical (unpaired) electrons. The van der Waals surface area contributed by atoms with Gasteiger partial charge in [0.2, 0.25) is 17.8 Å². The van der Waals surface area contributed by atoms with Crippen molar-refractivity contribution in [1.29, 1.82) is 0 Å². The fourth-order valence-corrected chi connectivity index (χ4v) is 4.35. The molecule has 5 aromatic rings. The van der Waals surface area contributed by atoms with Crippen LogP contribution in [0.3, 0.4) is 0 Å². The maximum absolute atomic E-state index is 12.7. The molecular weight excluding hydrogens is 462 g/mol. The summed E-state index contributed by atoms with van der Waals surface area (Å²) >= 11 is 1.47. The van der Waals surface area contributed by atoms with Crippen LogP contribution in [0.2, 0.25) is 0 Å². The molecule has 3 aromatic heterocycles. The van der Waals surface area contributed by atoms with Gasteiger partial charge in [-0.3, -0.25) is 14.0 Å². The number of carbonyl (C=O) groups is 2. The van der Waals surface area contributed by atoms with E-state index >= 15 is 0 Å². The van der Waals surface area contributed by atoms with Crippen molar-refractivity contribution in [2.45, 2.75) is 13.3 Å². The first-order valence-electron chi connectivity index (χ1n) is 10.8. The molecule has 3 N–H and O–H groups in total. The highest BCUT2D eigenvalue weighted by Crippen LogP contribution is 2.31. The average Bonchev–Trinajstić information content (AvgIpc) is 3.40.